The number of ether oxygens (including phenoxy) is 1. The van der Waals surface area contributed by atoms with Gasteiger partial charge in [-0.05, 0) is 24.6 Å². The van der Waals surface area contributed by atoms with Gasteiger partial charge >= 0.3 is 0 Å². The van der Waals surface area contributed by atoms with Crippen molar-refractivity contribution in [2.45, 2.75) is 25.5 Å². The Morgan fingerprint density at radius 3 is 3.00 bits per heavy atom. The van der Waals surface area contributed by atoms with Gasteiger partial charge in [-0.15, -0.1) is 0 Å². The third-order valence-electron chi connectivity index (χ3n) is 3.43. The van der Waals surface area contributed by atoms with E-state index in [0.29, 0.717) is 12.3 Å². The minimum absolute atomic E-state index is 0.117. The van der Waals surface area contributed by atoms with Gasteiger partial charge in [0.05, 0.1) is 11.7 Å². The summed E-state index contributed by atoms with van der Waals surface area (Å²) in [6.07, 6.45) is 2.25. The van der Waals surface area contributed by atoms with Crippen LogP contribution in [-0.4, -0.2) is 38.6 Å². The molecule has 2 aromatic rings. The second kappa shape index (κ2) is 5.04. The number of nitrogens with one attached hydrogen (secondary N) is 1. The first-order valence-electron chi connectivity index (χ1n) is 6.36. The molecule has 2 atom stereocenters. The van der Waals surface area contributed by atoms with E-state index in [2.05, 4.69) is 25.4 Å². The summed E-state index contributed by atoms with van der Waals surface area (Å²) in [5, 5.41) is 14.3. The summed E-state index contributed by atoms with van der Waals surface area (Å²) in [5.74, 6) is -0.300. The normalized spacial score (nSPS) is 22.1. The number of aromatic nitrogens is 4. The lowest BCUT2D eigenvalue weighted by atomic mass is 10.1. The maximum Gasteiger partial charge on any atom is 0.275 e. The molecule has 0 aromatic carbocycles. The highest BCUT2D eigenvalue weighted by Crippen LogP contribution is 2.28. The minimum atomic E-state index is -0.300. The maximum atomic E-state index is 12.1. The molecule has 1 fully saturated rings. The fourth-order valence-electron chi connectivity index (χ4n) is 2.37. The molecule has 106 valence electrons. The fraction of sp³-hybridized carbons (Fsp3) is 0.500. The van der Waals surface area contributed by atoms with Crippen LogP contribution >= 0.6 is 0 Å². The van der Waals surface area contributed by atoms with Crippen LogP contribution in [-0.2, 0) is 11.8 Å². The number of rotatable bonds is 3. The number of hydrogen-bond acceptors (Lipinski definition) is 6. The van der Waals surface area contributed by atoms with Gasteiger partial charge in [0, 0.05) is 19.9 Å². The van der Waals surface area contributed by atoms with Crippen LogP contribution < -0.4 is 5.32 Å². The highest BCUT2D eigenvalue weighted by atomic mass is 16.6. The Hall–Kier alpha value is -2.22. The molecule has 3 heterocycles. The summed E-state index contributed by atoms with van der Waals surface area (Å²) in [5.41, 5.74) is 1.61. The highest BCUT2D eigenvalue weighted by molar-refractivity contribution is 5.93. The first-order chi connectivity index (χ1) is 9.66. The number of aryl methyl sites for hydroxylation is 2. The molecular formula is C12H15N5O3. The van der Waals surface area contributed by atoms with E-state index in [1.807, 2.05) is 13.1 Å². The summed E-state index contributed by atoms with van der Waals surface area (Å²) in [6.45, 7) is 2.27. The number of hydrogen-bond donors (Lipinski definition) is 1. The first-order valence-corrected chi connectivity index (χ1v) is 6.36. The van der Waals surface area contributed by atoms with Gasteiger partial charge in [-0.1, -0.05) is 5.16 Å². The molecule has 3 rings (SSSR count). The van der Waals surface area contributed by atoms with Gasteiger partial charge in [0.15, 0.2) is 5.69 Å². The average Bonchev–Trinajstić information content (AvgIpc) is 3.10. The molecule has 1 N–H and O–H groups in total. The summed E-state index contributed by atoms with van der Waals surface area (Å²) in [4.78, 5) is 12.1. The molecule has 1 aliphatic heterocycles. The van der Waals surface area contributed by atoms with Crippen molar-refractivity contribution < 1.29 is 14.2 Å². The fourth-order valence-corrected chi connectivity index (χ4v) is 2.37. The monoisotopic (exact) mass is 277 g/mol. The van der Waals surface area contributed by atoms with Gasteiger partial charge in [-0.3, -0.25) is 9.48 Å². The molecule has 1 saturated heterocycles. The summed E-state index contributed by atoms with van der Waals surface area (Å²) < 4.78 is 12.0. The SMILES string of the molecule is Cc1nonc1C(=O)N[C@H]1CCO[C@@H]1c1ccnn1C. The average molecular weight is 277 g/mol. The molecule has 0 unspecified atom stereocenters. The van der Waals surface area contributed by atoms with Crippen LogP contribution in [0.25, 0.3) is 0 Å². The van der Waals surface area contributed by atoms with Crippen molar-refractivity contribution in [3.8, 4) is 0 Å². The van der Waals surface area contributed by atoms with Crippen molar-refractivity contribution >= 4 is 5.91 Å². The van der Waals surface area contributed by atoms with Crippen molar-refractivity contribution in [2.75, 3.05) is 6.61 Å². The zero-order valence-corrected chi connectivity index (χ0v) is 11.2. The van der Waals surface area contributed by atoms with Crippen molar-refractivity contribution in [1.82, 2.24) is 25.4 Å². The van der Waals surface area contributed by atoms with Gasteiger partial charge in [0.25, 0.3) is 5.91 Å². The van der Waals surface area contributed by atoms with Crippen LogP contribution in [0.4, 0.5) is 0 Å². The van der Waals surface area contributed by atoms with Gasteiger partial charge in [-0.25, -0.2) is 4.63 Å². The molecule has 20 heavy (non-hydrogen) atoms. The number of carbonyl (C=O) groups excluding carboxylic acids is 1. The van der Waals surface area contributed by atoms with E-state index in [9.17, 15) is 4.79 Å². The minimum Gasteiger partial charge on any atom is -0.370 e. The summed E-state index contributed by atoms with van der Waals surface area (Å²) in [7, 11) is 1.85. The number of nitrogens with zero attached hydrogens (tertiary/aromatic N) is 4. The van der Waals surface area contributed by atoms with Crippen LogP contribution in [0.3, 0.4) is 0 Å². The Labute approximate surface area is 115 Å². The second-order valence-electron chi connectivity index (χ2n) is 4.74. The van der Waals surface area contributed by atoms with Crippen LogP contribution in [0.15, 0.2) is 16.9 Å². The predicted molar refractivity (Wildman–Crippen MR) is 66.8 cm³/mol. The molecule has 0 spiro atoms. The number of carbonyl (C=O) groups is 1. The first kappa shape index (κ1) is 12.8. The highest BCUT2D eigenvalue weighted by Gasteiger charge is 2.33. The third kappa shape index (κ3) is 2.18. The lowest BCUT2D eigenvalue weighted by Gasteiger charge is -2.19. The van der Waals surface area contributed by atoms with Crippen molar-refractivity contribution in [3.05, 3.63) is 29.3 Å². The van der Waals surface area contributed by atoms with Gasteiger partial charge in [0.1, 0.15) is 11.8 Å². The predicted octanol–water partition coefficient (Wildman–Crippen LogP) is 0.372. The Balaban J connectivity index is 1.75. The van der Waals surface area contributed by atoms with E-state index in [1.165, 1.54) is 0 Å². The third-order valence-corrected chi connectivity index (χ3v) is 3.43. The van der Waals surface area contributed by atoms with Crippen molar-refractivity contribution in [1.29, 1.82) is 0 Å². The molecule has 8 heteroatoms. The Morgan fingerprint density at radius 2 is 2.35 bits per heavy atom. The van der Waals surface area contributed by atoms with E-state index >= 15 is 0 Å². The van der Waals surface area contributed by atoms with E-state index < -0.39 is 0 Å². The lowest BCUT2D eigenvalue weighted by Crippen LogP contribution is -2.37. The number of amides is 1. The molecule has 1 amide bonds. The van der Waals surface area contributed by atoms with Crippen LogP contribution in [0.5, 0.6) is 0 Å². The topological polar surface area (TPSA) is 95.1 Å². The van der Waals surface area contributed by atoms with E-state index in [0.717, 1.165) is 12.1 Å². The Bertz CT molecular complexity index is 620. The largest absolute Gasteiger partial charge is 0.370 e. The molecule has 0 radical (unpaired) electrons. The molecule has 2 aromatic heterocycles. The van der Waals surface area contributed by atoms with Gasteiger partial charge < -0.3 is 10.1 Å². The molecule has 8 nitrogen and oxygen atoms in total. The van der Waals surface area contributed by atoms with Crippen LogP contribution in [0.2, 0.25) is 0 Å². The molecule has 0 aliphatic carbocycles. The van der Waals surface area contributed by atoms with Gasteiger partial charge in [-0.2, -0.15) is 5.10 Å². The maximum absolute atomic E-state index is 12.1. The quantitative estimate of drug-likeness (QED) is 0.871. The van der Waals surface area contributed by atoms with Crippen LogP contribution in [0.1, 0.15) is 34.4 Å². The Kier molecular flexibility index (Phi) is 3.23. The zero-order valence-electron chi connectivity index (χ0n) is 11.2. The second-order valence-corrected chi connectivity index (χ2v) is 4.74. The van der Waals surface area contributed by atoms with Crippen molar-refractivity contribution in [2.24, 2.45) is 7.05 Å². The molecule has 0 bridgehead atoms. The standard InChI is InChI=1S/C12H15N5O3/c1-7-10(16-20-15-7)12(18)14-8-4-6-19-11(8)9-3-5-13-17(9)2/h3,5,8,11H,4,6H2,1-2H3,(H,14,18)/t8-,11-/m0/s1. The molecule has 0 saturated carbocycles. The van der Waals surface area contributed by atoms with Crippen LogP contribution in [0, 0.1) is 6.92 Å². The van der Waals surface area contributed by atoms with E-state index in [-0.39, 0.29) is 23.7 Å². The molecule has 1 aliphatic rings. The summed E-state index contributed by atoms with van der Waals surface area (Å²) in [6, 6.07) is 1.77. The van der Waals surface area contributed by atoms with Gasteiger partial charge in [0.2, 0.25) is 0 Å². The smallest absolute Gasteiger partial charge is 0.275 e. The van der Waals surface area contributed by atoms with Crippen molar-refractivity contribution in [3.63, 3.8) is 0 Å². The van der Waals surface area contributed by atoms with E-state index in [4.69, 9.17) is 4.74 Å². The summed E-state index contributed by atoms with van der Waals surface area (Å²) >= 11 is 0. The zero-order chi connectivity index (χ0) is 14.1. The molecular weight excluding hydrogens is 262 g/mol. The Morgan fingerprint density at radius 1 is 1.50 bits per heavy atom. The lowest BCUT2D eigenvalue weighted by molar-refractivity contribution is 0.0786. The van der Waals surface area contributed by atoms with E-state index in [1.54, 1.807) is 17.8 Å².